The third-order valence-electron chi connectivity index (χ3n) is 10.1. The monoisotopic (exact) mass is 900 g/mol. The third kappa shape index (κ3) is 11.4. The molecular weight excluding hydrogens is 848 g/mol. The lowest BCUT2D eigenvalue weighted by Crippen LogP contribution is -2.71. The molecule has 0 aromatic carbocycles. The molecule has 0 saturated carbocycles. The largest absolute Gasteiger partial charge is 0.477 e. The second-order valence-electron chi connectivity index (χ2n) is 14.6. The van der Waals surface area contributed by atoms with Crippen molar-refractivity contribution in [3.63, 3.8) is 0 Å². The number of amides is 2. The predicted octanol–water partition coefficient (Wildman–Crippen LogP) is -9.40. The highest BCUT2D eigenvalue weighted by Crippen LogP contribution is 2.39. The van der Waals surface area contributed by atoms with Crippen LogP contribution in [0.3, 0.4) is 0 Å². The summed E-state index contributed by atoms with van der Waals surface area (Å²) >= 11 is 0. The summed E-state index contributed by atoms with van der Waals surface area (Å²) in [5.41, 5.74) is 0. The van der Waals surface area contributed by atoms with Gasteiger partial charge in [0.2, 0.25) is 11.8 Å². The van der Waals surface area contributed by atoms with Crippen molar-refractivity contribution in [1.29, 1.82) is 0 Å². The van der Waals surface area contributed by atoms with Gasteiger partial charge in [0.05, 0.1) is 38.1 Å². The van der Waals surface area contributed by atoms with Crippen molar-refractivity contribution >= 4 is 28.2 Å². The summed E-state index contributed by atoms with van der Waals surface area (Å²) in [6.07, 6.45) is -37.6. The smallest absolute Gasteiger partial charge is 0.397 e. The molecule has 0 bridgehead atoms. The summed E-state index contributed by atoms with van der Waals surface area (Å²) in [5.74, 6) is -6.98. The summed E-state index contributed by atoms with van der Waals surface area (Å²) in [4.78, 5) is 37.2. The van der Waals surface area contributed by atoms with E-state index in [1.165, 1.54) is 6.92 Å². The van der Waals surface area contributed by atoms with Crippen LogP contribution in [0.25, 0.3) is 0 Å². The maximum Gasteiger partial charge on any atom is 0.397 e. The van der Waals surface area contributed by atoms with E-state index in [0.29, 0.717) is 0 Å². The number of carboxylic acids is 1. The quantitative estimate of drug-likeness (QED) is 0.0640. The Morgan fingerprint density at radius 2 is 1.37 bits per heavy atom. The molecule has 2 amide bonds. The Labute approximate surface area is 340 Å². The van der Waals surface area contributed by atoms with Crippen molar-refractivity contribution in [2.24, 2.45) is 0 Å². The molecule has 15 N–H and O–H groups in total. The van der Waals surface area contributed by atoms with Gasteiger partial charge in [-0.15, -0.1) is 0 Å². The maximum absolute atomic E-state index is 12.9. The molecule has 28 nitrogen and oxygen atoms in total. The number of rotatable bonds is 16. The lowest BCUT2D eigenvalue weighted by Gasteiger charge is -2.51. The Balaban J connectivity index is 1.77. The Morgan fingerprint density at radius 3 is 1.92 bits per heavy atom. The molecule has 4 fully saturated rings. The first kappa shape index (κ1) is 50.2. The molecule has 0 radical (unpaired) electrons. The van der Waals surface area contributed by atoms with Crippen LogP contribution < -0.4 is 10.6 Å². The second kappa shape index (κ2) is 20.4. The molecular formula is C31H52N2O26S. The van der Waals surface area contributed by atoms with E-state index < -0.39 is 183 Å². The van der Waals surface area contributed by atoms with E-state index >= 15 is 0 Å². The summed E-state index contributed by atoms with van der Waals surface area (Å²) in [6, 6.07) is -3.45. The van der Waals surface area contributed by atoms with Crippen molar-refractivity contribution in [3.8, 4) is 0 Å². The standard InChI is InChI=1S/C31H52N2O26S/c1-8-17(40)20(43)21(44)28(53-8)57-25-16(33-10(3)37)27(46)54-14(7-52-60(49,50)51)23(25)56-29-22(45)26(19(42)13(6-35)55-29)59-31(30(47)48)4-11(38)15(32-9(2)36)24(58-31)18(41)12(39)5-34/h8,11-29,34-35,38-46H,4-7H2,1-3H3,(H,32,36)(H,33,37)(H,47,48)(H,49,50,51)/t8-,11-,12+,13+,14+,15+,16+,17+,18+,19-,20+,21-,22+,23+,24+,25+,26-,27+,28-,29+,31-/m0/s1. The van der Waals surface area contributed by atoms with Crippen molar-refractivity contribution in [2.75, 3.05) is 19.8 Å². The van der Waals surface area contributed by atoms with Crippen LogP contribution in [0.4, 0.5) is 0 Å². The van der Waals surface area contributed by atoms with Crippen LogP contribution in [0.15, 0.2) is 0 Å². The van der Waals surface area contributed by atoms with Gasteiger partial charge in [-0.25, -0.2) is 8.98 Å². The van der Waals surface area contributed by atoms with Gasteiger partial charge in [0, 0.05) is 20.3 Å². The van der Waals surface area contributed by atoms with Gasteiger partial charge >= 0.3 is 16.4 Å². The fraction of sp³-hybridized carbons (Fsp3) is 0.903. The number of aliphatic hydroxyl groups is 11. The zero-order chi connectivity index (χ0) is 45.2. The fourth-order valence-electron chi connectivity index (χ4n) is 7.13. The van der Waals surface area contributed by atoms with E-state index in [1.54, 1.807) is 0 Å². The highest BCUT2D eigenvalue weighted by Gasteiger charge is 2.61. The van der Waals surface area contributed by atoms with Crippen molar-refractivity contribution < 1.29 is 126 Å². The molecule has 4 heterocycles. The molecule has 0 spiro atoms. The minimum Gasteiger partial charge on any atom is -0.477 e. The SMILES string of the molecule is CC(=O)N[C@@H]1[C@@H](O[C@@H]2O[C@@H](C)[C@@H](O)[C@@H](O)[C@@H]2O)[C@H](O[C@H]2O[C@H](CO)[C@H](O)[C@H](O[C@]3(C(=O)O)C[C@H](O)[C@@H](NC(C)=O)[C@H]([C@H](O)[C@H](O)CO)O3)[C@H]2O)[C@@H](COS(=O)(=O)O)O[C@H]1O. The molecule has 0 aromatic rings. The van der Waals surface area contributed by atoms with Crippen molar-refractivity contribution in [3.05, 3.63) is 0 Å². The second-order valence-corrected chi connectivity index (χ2v) is 15.6. The van der Waals surface area contributed by atoms with Gasteiger partial charge in [0.25, 0.3) is 5.79 Å². The van der Waals surface area contributed by atoms with Crippen LogP contribution >= 0.6 is 0 Å². The van der Waals surface area contributed by atoms with Crippen LogP contribution in [0, 0.1) is 0 Å². The van der Waals surface area contributed by atoms with Crippen LogP contribution in [0.5, 0.6) is 0 Å². The number of nitrogens with one attached hydrogen (secondary N) is 2. The van der Waals surface area contributed by atoms with Crippen LogP contribution in [-0.2, 0) is 62.1 Å². The molecule has 4 saturated heterocycles. The van der Waals surface area contributed by atoms with E-state index in [2.05, 4.69) is 14.8 Å². The first-order chi connectivity index (χ1) is 27.9. The van der Waals surface area contributed by atoms with Crippen LogP contribution in [-0.4, -0.2) is 240 Å². The summed E-state index contributed by atoms with van der Waals surface area (Å²) in [7, 11) is -5.29. The summed E-state index contributed by atoms with van der Waals surface area (Å²) in [5, 5.41) is 132. The minimum absolute atomic E-state index is 0.821. The molecule has 0 aromatic heterocycles. The number of aliphatic hydroxyl groups excluding tert-OH is 11. The van der Waals surface area contributed by atoms with Gasteiger partial charge in [0.15, 0.2) is 18.9 Å². The highest BCUT2D eigenvalue weighted by molar-refractivity contribution is 7.80. The van der Waals surface area contributed by atoms with E-state index in [4.69, 9.17) is 33.2 Å². The molecule has 21 atom stereocenters. The number of carbonyl (C=O) groups excluding carboxylic acids is 2. The number of hydrogen-bond acceptors (Lipinski definition) is 24. The highest BCUT2D eigenvalue weighted by atomic mass is 32.3. The van der Waals surface area contributed by atoms with Crippen molar-refractivity contribution in [2.45, 2.75) is 155 Å². The van der Waals surface area contributed by atoms with Gasteiger partial charge in [-0.1, -0.05) is 0 Å². The third-order valence-corrected chi connectivity index (χ3v) is 10.6. The lowest BCUT2D eigenvalue weighted by atomic mass is 9.88. The zero-order valence-electron chi connectivity index (χ0n) is 31.9. The molecule has 0 unspecified atom stereocenters. The normalized spacial score (nSPS) is 43.7. The average Bonchev–Trinajstić information content (AvgIpc) is 3.16. The Kier molecular flexibility index (Phi) is 17.1. The number of hydrogen-bond donors (Lipinski definition) is 15. The van der Waals surface area contributed by atoms with E-state index in [1.807, 2.05) is 0 Å². The Hall–Kier alpha value is -2.44. The first-order valence-electron chi connectivity index (χ1n) is 18.2. The molecule has 348 valence electrons. The van der Waals surface area contributed by atoms with Crippen LogP contribution in [0.2, 0.25) is 0 Å². The summed E-state index contributed by atoms with van der Waals surface area (Å²) < 4.78 is 76.5. The Morgan fingerprint density at radius 1 is 0.783 bits per heavy atom. The number of ether oxygens (including phenoxy) is 7. The molecule has 4 aliphatic heterocycles. The van der Waals surface area contributed by atoms with Gasteiger partial charge in [-0.3, -0.25) is 14.1 Å². The number of carbonyl (C=O) groups is 3. The first-order valence-corrected chi connectivity index (χ1v) is 19.6. The van der Waals surface area contributed by atoms with E-state index in [-0.39, 0.29) is 0 Å². The molecule has 29 heteroatoms. The van der Waals surface area contributed by atoms with Crippen LogP contribution in [0.1, 0.15) is 27.2 Å². The Bertz CT molecular complexity index is 1580. The minimum atomic E-state index is -5.29. The molecule has 4 aliphatic rings. The van der Waals surface area contributed by atoms with Gasteiger partial charge in [-0.2, -0.15) is 8.42 Å². The van der Waals surface area contributed by atoms with E-state index in [9.17, 15) is 88.6 Å². The van der Waals surface area contributed by atoms with Gasteiger partial charge < -0.3 is 105 Å². The average molecular weight is 901 g/mol. The zero-order valence-corrected chi connectivity index (χ0v) is 32.7. The summed E-state index contributed by atoms with van der Waals surface area (Å²) in [6.45, 7) is -0.295. The molecule has 4 rings (SSSR count). The van der Waals surface area contributed by atoms with Gasteiger partial charge in [0.1, 0.15) is 85.4 Å². The maximum atomic E-state index is 12.9. The van der Waals surface area contributed by atoms with Crippen molar-refractivity contribution in [1.82, 2.24) is 10.6 Å². The number of carboxylic acid groups (broad SMARTS) is 1. The number of aliphatic carboxylic acids is 1. The van der Waals surface area contributed by atoms with Gasteiger partial charge in [-0.05, 0) is 6.92 Å². The lowest BCUT2D eigenvalue weighted by molar-refractivity contribution is -0.389. The topological polar surface area (TPSA) is 446 Å². The molecule has 0 aliphatic carbocycles. The predicted molar refractivity (Wildman–Crippen MR) is 183 cm³/mol. The van der Waals surface area contributed by atoms with E-state index in [0.717, 1.165) is 13.8 Å². The molecule has 60 heavy (non-hydrogen) atoms. The fourth-order valence-corrected chi connectivity index (χ4v) is 7.44.